The van der Waals surface area contributed by atoms with Gasteiger partial charge in [0.05, 0.1) is 13.7 Å². The molecule has 7 nitrogen and oxygen atoms in total. The van der Waals surface area contributed by atoms with Crippen molar-refractivity contribution in [1.82, 2.24) is 5.32 Å². The van der Waals surface area contributed by atoms with E-state index < -0.39 is 11.9 Å². The molecule has 0 radical (unpaired) electrons. The lowest BCUT2D eigenvalue weighted by molar-refractivity contribution is -0.151. The summed E-state index contributed by atoms with van der Waals surface area (Å²) in [5.74, 6) is -0.404. The van der Waals surface area contributed by atoms with Gasteiger partial charge in [0, 0.05) is 12.5 Å². The highest BCUT2D eigenvalue weighted by Crippen LogP contribution is 2.44. The van der Waals surface area contributed by atoms with Gasteiger partial charge in [0.2, 0.25) is 18.4 Å². The first kappa shape index (κ1) is 14.5. The number of hydrogen-bond donors (Lipinski definition) is 1. The molecule has 0 aromatic heterocycles. The van der Waals surface area contributed by atoms with Crippen molar-refractivity contribution in [2.45, 2.75) is 12.8 Å². The van der Waals surface area contributed by atoms with E-state index in [2.05, 4.69) is 5.32 Å². The van der Waals surface area contributed by atoms with Crippen LogP contribution in [-0.4, -0.2) is 38.9 Å². The minimum Gasteiger partial charge on any atom is -0.493 e. The molecule has 0 aliphatic carbocycles. The Labute approximate surface area is 127 Å². The third-order valence-electron chi connectivity index (χ3n) is 3.83. The van der Waals surface area contributed by atoms with Gasteiger partial charge >= 0.3 is 5.97 Å². The highest BCUT2D eigenvalue weighted by Gasteiger charge is 2.43. The monoisotopic (exact) mass is 307 g/mol. The fourth-order valence-electron chi connectivity index (χ4n) is 2.80. The smallest absolute Gasteiger partial charge is 0.319 e. The molecule has 7 heteroatoms. The third kappa shape index (κ3) is 2.32. The molecule has 3 rings (SSSR count). The summed E-state index contributed by atoms with van der Waals surface area (Å²) in [7, 11) is 1.53. The summed E-state index contributed by atoms with van der Waals surface area (Å²) in [5.41, 5.74) is 0.775. The van der Waals surface area contributed by atoms with Crippen molar-refractivity contribution >= 4 is 11.9 Å². The van der Waals surface area contributed by atoms with Crippen LogP contribution in [0.4, 0.5) is 0 Å². The number of fused-ring (bicyclic) bond motifs is 1. The van der Waals surface area contributed by atoms with Crippen LogP contribution in [0.5, 0.6) is 17.2 Å². The average molecular weight is 307 g/mol. The van der Waals surface area contributed by atoms with Gasteiger partial charge < -0.3 is 24.3 Å². The number of carbonyl (C=O) groups excluding carboxylic acids is 2. The predicted octanol–water partition coefficient (Wildman–Crippen LogP) is 0.817. The van der Waals surface area contributed by atoms with Crippen LogP contribution in [0.2, 0.25) is 0 Å². The summed E-state index contributed by atoms with van der Waals surface area (Å²) < 4.78 is 21.0. The van der Waals surface area contributed by atoms with Crippen LogP contribution in [-0.2, 0) is 14.3 Å². The molecule has 1 aromatic rings. The largest absolute Gasteiger partial charge is 0.493 e. The number of nitrogens with one attached hydrogen (secondary N) is 1. The van der Waals surface area contributed by atoms with E-state index in [1.54, 1.807) is 19.1 Å². The van der Waals surface area contributed by atoms with Gasteiger partial charge in [-0.05, 0) is 24.6 Å². The zero-order valence-electron chi connectivity index (χ0n) is 12.4. The number of esters is 1. The summed E-state index contributed by atoms with van der Waals surface area (Å²) in [5, 5.41) is 2.71. The Hall–Kier alpha value is -2.44. The molecule has 1 amide bonds. The Bertz CT molecular complexity index is 614. The van der Waals surface area contributed by atoms with Crippen molar-refractivity contribution in [3.63, 3.8) is 0 Å². The quantitative estimate of drug-likeness (QED) is 0.655. The van der Waals surface area contributed by atoms with E-state index in [0.29, 0.717) is 23.8 Å². The van der Waals surface area contributed by atoms with E-state index in [9.17, 15) is 9.59 Å². The Morgan fingerprint density at radius 2 is 2.23 bits per heavy atom. The molecule has 2 atom stereocenters. The van der Waals surface area contributed by atoms with Crippen LogP contribution in [0.3, 0.4) is 0 Å². The summed E-state index contributed by atoms with van der Waals surface area (Å²) in [4.78, 5) is 24.0. The lowest BCUT2D eigenvalue weighted by atomic mass is 9.88. The molecule has 0 spiro atoms. The van der Waals surface area contributed by atoms with Gasteiger partial charge in [-0.2, -0.15) is 0 Å². The summed E-state index contributed by atoms with van der Waals surface area (Å²) >= 11 is 0. The van der Waals surface area contributed by atoms with Gasteiger partial charge in [0.25, 0.3) is 0 Å². The fourth-order valence-corrected chi connectivity index (χ4v) is 2.80. The van der Waals surface area contributed by atoms with Gasteiger partial charge in [0.15, 0.2) is 11.5 Å². The van der Waals surface area contributed by atoms with Crippen molar-refractivity contribution in [3.05, 3.63) is 17.7 Å². The van der Waals surface area contributed by atoms with Crippen LogP contribution in [0.1, 0.15) is 18.4 Å². The first-order valence-electron chi connectivity index (χ1n) is 7.07. The predicted molar refractivity (Wildman–Crippen MR) is 75.0 cm³/mol. The number of benzene rings is 1. The summed E-state index contributed by atoms with van der Waals surface area (Å²) in [6.45, 7) is 2.44. The lowest BCUT2D eigenvalue weighted by Gasteiger charge is -2.17. The maximum Gasteiger partial charge on any atom is 0.319 e. The first-order valence-corrected chi connectivity index (χ1v) is 7.07. The van der Waals surface area contributed by atoms with Gasteiger partial charge in [-0.1, -0.05) is 0 Å². The highest BCUT2D eigenvalue weighted by molar-refractivity contribution is 6.00. The molecular weight excluding hydrogens is 290 g/mol. The number of hydrogen-bond acceptors (Lipinski definition) is 6. The first-order chi connectivity index (χ1) is 10.7. The van der Waals surface area contributed by atoms with Gasteiger partial charge in [-0.15, -0.1) is 0 Å². The van der Waals surface area contributed by atoms with Crippen molar-refractivity contribution in [3.8, 4) is 17.2 Å². The molecule has 22 heavy (non-hydrogen) atoms. The van der Waals surface area contributed by atoms with Crippen molar-refractivity contribution in [2.75, 3.05) is 27.1 Å². The summed E-state index contributed by atoms with van der Waals surface area (Å²) in [6.07, 6.45) is 0. The Balaban J connectivity index is 1.96. The van der Waals surface area contributed by atoms with Crippen LogP contribution >= 0.6 is 0 Å². The molecule has 1 saturated heterocycles. The van der Waals surface area contributed by atoms with Gasteiger partial charge in [-0.25, -0.2) is 0 Å². The molecule has 1 N–H and O–H groups in total. The molecule has 2 aliphatic rings. The van der Waals surface area contributed by atoms with E-state index in [-0.39, 0.29) is 25.2 Å². The van der Waals surface area contributed by atoms with Crippen LogP contribution in [0, 0.1) is 5.92 Å². The molecule has 2 aliphatic heterocycles. The lowest BCUT2D eigenvalue weighted by Crippen LogP contribution is -2.29. The van der Waals surface area contributed by atoms with E-state index in [0.717, 1.165) is 5.56 Å². The second-order valence-electron chi connectivity index (χ2n) is 5.04. The Kier molecular flexibility index (Phi) is 3.79. The zero-order valence-corrected chi connectivity index (χ0v) is 12.4. The topological polar surface area (TPSA) is 83.1 Å². The highest BCUT2D eigenvalue weighted by atomic mass is 16.7. The minimum absolute atomic E-state index is 0.123. The normalized spacial score (nSPS) is 22.4. The number of amides is 1. The molecule has 0 unspecified atom stereocenters. The molecular formula is C15H17NO6. The van der Waals surface area contributed by atoms with Crippen molar-refractivity contribution < 1.29 is 28.5 Å². The van der Waals surface area contributed by atoms with Gasteiger partial charge in [-0.3, -0.25) is 9.59 Å². The molecule has 0 saturated carbocycles. The van der Waals surface area contributed by atoms with Crippen LogP contribution in [0.25, 0.3) is 0 Å². The number of carbonyl (C=O) groups is 2. The van der Waals surface area contributed by atoms with Crippen molar-refractivity contribution in [1.29, 1.82) is 0 Å². The molecule has 2 heterocycles. The molecule has 1 aromatic carbocycles. The van der Waals surface area contributed by atoms with E-state index >= 15 is 0 Å². The number of rotatable bonds is 4. The third-order valence-corrected chi connectivity index (χ3v) is 3.83. The Morgan fingerprint density at radius 1 is 1.41 bits per heavy atom. The maximum atomic E-state index is 12.1. The van der Waals surface area contributed by atoms with E-state index in [4.69, 9.17) is 18.9 Å². The van der Waals surface area contributed by atoms with E-state index in [1.807, 2.05) is 0 Å². The summed E-state index contributed by atoms with van der Waals surface area (Å²) in [6, 6.07) is 3.55. The van der Waals surface area contributed by atoms with Crippen LogP contribution < -0.4 is 19.5 Å². The molecule has 118 valence electrons. The molecule has 0 bridgehead atoms. The average Bonchev–Trinajstić information content (AvgIpc) is 3.12. The van der Waals surface area contributed by atoms with Gasteiger partial charge in [0.1, 0.15) is 5.92 Å². The van der Waals surface area contributed by atoms with E-state index in [1.165, 1.54) is 7.11 Å². The standard InChI is InChI=1S/C15H17NO6/c1-3-20-15(18)12-9(6-16-14(12)17)8-4-10(19-2)13-11(5-8)21-7-22-13/h4-5,9,12H,3,6-7H2,1-2H3,(H,16,17)/t9-,12+/m0/s1. The SMILES string of the molecule is CCOC(=O)[C@H]1C(=O)NC[C@H]1c1cc(OC)c2c(c1)OCO2. The second-order valence-corrected chi connectivity index (χ2v) is 5.04. The minimum atomic E-state index is -0.856. The maximum absolute atomic E-state index is 12.1. The second kappa shape index (κ2) is 5.75. The number of ether oxygens (including phenoxy) is 4. The molecule has 1 fully saturated rings. The van der Waals surface area contributed by atoms with Crippen LogP contribution in [0.15, 0.2) is 12.1 Å². The zero-order chi connectivity index (χ0) is 15.7. The fraction of sp³-hybridized carbons (Fsp3) is 0.467. The van der Waals surface area contributed by atoms with Crippen molar-refractivity contribution in [2.24, 2.45) is 5.92 Å². The Morgan fingerprint density at radius 3 is 2.95 bits per heavy atom. The number of methoxy groups -OCH3 is 1.